The molecule has 2 N–H and O–H groups in total. The van der Waals surface area contributed by atoms with Crippen LogP contribution < -0.4 is 5.32 Å². The van der Waals surface area contributed by atoms with Crippen molar-refractivity contribution in [2.24, 2.45) is 0 Å². The minimum Gasteiger partial charge on any atom is -0.480 e. The number of carboxylic acids is 1. The van der Waals surface area contributed by atoms with Gasteiger partial charge in [-0.2, -0.15) is 0 Å². The molecule has 1 heterocycles. The summed E-state index contributed by atoms with van der Waals surface area (Å²) in [4.78, 5) is 27.9. The molecule has 0 aliphatic heterocycles. The molecule has 0 spiro atoms. The van der Waals surface area contributed by atoms with E-state index in [4.69, 9.17) is 5.11 Å². The second kappa shape index (κ2) is 5.69. The lowest BCUT2D eigenvalue weighted by atomic mass is 9.98. The first-order chi connectivity index (χ1) is 8.66. The van der Waals surface area contributed by atoms with E-state index in [0.29, 0.717) is 17.0 Å². The summed E-state index contributed by atoms with van der Waals surface area (Å²) in [6, 6.07) is -0.855. The molecule has 0 saturated heterocycles. The Bertz CT molecular complexity index is 489. The lowest BCUT2D eigenvalue weighted by Crippen LogP contribution is -2.40. The fourth-order valence-corrected chi connectivity index (χ4v) is 2.52. The van der Waals surface area contributed by atoms with E-state index in [1.807, 2.05) is 20.8 Å². The second-order valence-corrected chi connectivity index (χ2v) is 6.46. The number of aromatic nitrogens is 1. The zero-order chi connectivity index (χ0) is 14.8. The highest BCUT2D eigenvalue weighted by Crippen LogP contribution is 2.29. The molecule has 1 atom stereocenters. The lowest BCUT2D eigenvalue weighted by molar-refractivity contribution is -0.139. The first-order valence-electron chi connectivity index (χ1n) is 6.18. The summed E-state index contributed by atoms with van der Waals surface area (Å²) in [6.07, 6.45) is 0.352. The quantitative estimate of drug-likeness (QED) is 0.889. The molecule has 0 aliphatic carbocycles. The molecule has 0 saturated carbocycles. The highest BCUT2D eigenvalue weighted by molar-refractivity contribution is 7.14. The Morgan fingerprint density at radius 1 is 1.42 bits per heavy atom. The molecule has 0 bridgehead atoms. The molecule has 106 valence electrons. The molecular weight excluding hydrogens is 264 g/mol. The number of amides is 1. The minimum absolute atomic E-state index is 0.120. The summed E-state index contributed by atoms with van der Waals surface area (Å²) in [7, 11) is 0. The number of carboxylic acid groups (broad SMARTS) is 1. The zero-order valence-electron chi connectivity index (χ0n) is 11.9. The fourth-order valence-electron chi connectivity index (χ4n) is 1.49. The number of rotatable bonds is 4. The second-order valence-electron chi connectivity index (χ2n) is 5.46. The highest BCUT2D eigenvalue weighted by Gasteiger charge is 2.25. The van der Waals surface area contributed by atoms with Crippen LogP contribution in [-0.2, 0) is 10.2 Å². The number of nitrogens with one attached hydrogen (secondary N) is 1. The van der Waals surface area contributed by atoms with Crippen molar-refractivity contribution in [2.75, 3.05) is 0 Å². The van der Waals surface area contributed by atoms with E-state index in [1.54, 1.807) is 13.8 Å². The zero-order valence-corrected chi connectivity index (χ0v) is 12.7. The number of aryl methyl sites for hydroxylation is 1. The van der Waals surface area contributed by atoms with Gasteiger partial charge in [-0.1, -0.05) is 27.7 Å². The Kier molecular flexibility index (Phi) is 4.68. The minimum atomic E-state index is -1.02. The molecule has 1 rings (SSSR count). The third-order valence-corrected chi connectivity index (χ3v) is 4.24. The molecule has 0 aliphatic rings. The molecular formula is C13H20N2O3S. The van der Waals surface area contributed by atoms with Crippen molar-refractivity contribution in [1.82, 2.24) is 10.3 Å². The maximum Gasteiger partial charge on any atom is 0.326 e. The van der Waals surface area contributed by atoms with Crippen LogP contribution in [-0.4, -0.2) is 28.0 Å². The summed E-state index contributed by atoms with van der Waals surface area (Å²) in [5.41, 5.74) is 0.526. The molecule has 1 aromatic rings. The van der Waals surface area contributed by atoms with Crippen LogP contribution in [0.5, 0.6) is 0 Å². The van der Waals surface area contributed by atoms with Gasteiger partial charge in [0.1, 0.15) is 10.9 Å². The highest BCUT2D eigenvalue weighted by atomic mass is 32.1. The average Bonchev–Trinajstić information content (AvgIpc) is 2.67. The van der Waals surface area contributed by atoms with E-state index in [2.05, 4.69) is 10.3 Å². The summed E-state index contributed by atoms with van der Waals surface area (Å²) in [5, 5.41) is 12.3. The van der Waals surface area contributed by atoms with Crippen molar-refractivity contribution in [3.63, 3.8) is 0 Å². The molecule has 0 fully saturated rings. The monoisotopic (exact) mass is 284 g/mol. The molecule has 19 heavy (non-hydrogen) atoms. The topological polar surface area (TPSA) is 79.3 Å². The van der Waals surface area contributed by atoms with Crippen molar-refractivity contribution in [1.29, 1.82) is 0 Å². The van der Waals surface area contributed by atoms with Gasteiger partial charge >= 0.3 is 5.97 Å². The predicted octanol–water partition coefficient (Wildman–Crippen LogP) is 2.34. The van der Waals surface area contributed by atoms with Crippen LogP contribution in [0, 0.1) is 6.92 Å². The van der Waals surface area contributed by atoms with Crippen LogP contribution in [0.4, 0.5) is 0 Å². The molecule has 6 heteroatoms. The maximum absolute atomic E-state index is 12.1. The number of aliphatic carboxylic acids is 1. The first kappa shape index (κ1) is 15.6. The van der Waals surface area contributed by atoms with Gasteiger partial charge in [0.25, 0.3) is 5.91 Å². The Morgan fingerprint density at radius 3 is 2.37 bits per heavy atom. The van der Waals surface area contributed by atoms with E-state index < -0.39 is 12.0 Å². The van der Waals surface area contributed by atoms with Crippen molar-refractivity contribution in [2.45, 2.75) is 52.5 Å². The standard InChI is InChI=1S/C13H20N2O3S/c1-6-8(11(17)18)15-10(16)9-7(2)14-12(19-9)13(3,4)5/h8H,6H2,1-5H3,(H,15,16)(H,17,18). The summed E-state index contributed by atoms with van der Waals surface area (Å²) < 4.78 is 0. The van der Waals surface area contributed by atoms with E-state index in [0.717, 1.165) is 5.01 Å². The number of thiazole rings is 1. The number of carbonyl (C=O) groups excluding carboxylic acids is 1. The van der Waals surface area contributed by atoms with Gasteiger partial charge in [-0.25, -0.2) is 9.78 Å². The van der Waals surface area contributed by atoms with Crippen LogP contribution in [0.25, 0.3) is 0 Å². The first-order valence-corrected chi connectivity index (χ1v) is 7.00. The molecule has 1 aromatic heterocycles. The van der Waals surface area contributed by atoms with Gasteiger partial charge in [0.2, 0.25) is 0 Å². The number of carbonyl (C=O) groups is 2. The van der Waals surface area contributed by atoms with Gasteiger partial charge in [-0.3, -0.25) is 4.79 Å². The average molecular weight is 284 g/mol. The van der Waals surface area contributed by atoms with E-state index in [9.17, 15) is 9.59 Å². The fraction of sp³-hybridized carbons (Fsp3) is 0.615. The molecule has 0 radical (unpaired) electrons. The SMILES string of the molecule is CCC(NC(=O)c1sc(C(C)(C)C)nc1C)C(=O)O. The molecule has 0 aromatic carbocycles. The van der Waals surface area contributed by atoms with E-state index >= 15 is 0 Å². The lowest BCUT2D eigenvalue weighted by Gasteiger charge is -2.13. The summed E-state index contributed by atoms with van der Waals surface area (Å²) in [5.74, 6) is -1.38. The molecule has 1 amide bonds. The largest absolute Gasteiger partial charge is 0.480 e. The summed E-state index contributed by atoms with van der Waals surface area (Å²) >= 11 is 1.32. The molecule has 5 nitrogen and oxygen atoms in total. The number of hydrogen-bond donors (Lipinski definition) is 2. The Labute approximate surface area is 117 Å². The van der Waals surface area contributed by atoms with Crippen molar-refractivity contribution >= 4 is 23.2 Å². The smallest absolute Gasteiger partial charge is 0.326 e. The van der Waals surface area contributed by atoms with Crippen LogP contribution in [0.1, 0.15) is 54.5 Å². The summed E-state index contributed by atoms with van der Waals surface area (Å²) in [6.45, 7) is 9.57. The van der Waals surface area contributed by atoms with Gasteiger partial charge in [0.05, 0.1) is 10.7 Å². The van der Waals surface area contributed by atoms with Gasteiger partial charge in [-0.15, -0.1) is 11.3 Å². The Balaban J connectivity index is 2.95. The molecule has 1 unspecified atom stereocenters. The number of hydrogen-bond acceptors (Lipinski definition) is 4. The van der Waals surface area contributed by atoms with Gasteiger partial charge in [-0.05, 0) is 13.3 Å². The van der Waals surface area contributed by atoms with Crippen LogP contribution >= 0.6 is 11.3 Å². The van der Waals surface area contributed by atoms with Crippen LogP contribution in [0.2, 0.25) is 0 Å². The van der Waals surface area contributed by atoms with E-state index in [-0.39, 0.29) is 11.3 Å². The van der Waals surface area contributed by atoms with Gasteiger partial charge in [0, 0.05) is 5.41 Å². The van der Waals surface area contributed by atoms with Gasteiger partial charge in [0.15, 0.2) is 0 Å². The van der Waals surface area contributed by atoms with Gasteiger partial charge < -0.3 is 10.4 Å². The van der Waals surface area contributed by atoms with Crippen molar-refractivity contribution in [3.05, 3.63) is 15.6 Å². The van der Waals surface area contributed by atoms with Crippen molar-refractivity contribution < 1.29 is 14.7 Å². The Hall–Kier alpha value is -1.43. The van der Waals surface area contributed by atoms with Crippen molar-refractivity contribution in [3.8, 4) is 0 Å². The Morgan fingerprint density at radius 2 is 2.00 bits per heavy atom. The number of nitrogens with zero attached hydrogens (tertiary/aromatic N) is 1. The predicted molar refractivity (Wildman–Crippen MR) is 74.7 cm³/mol. The third-order valence-electron chi connectivity index (χ3n) is 2.66. The third kappa shape index (κ3) is 3.76. The van der Waals surface area contributed by atoms with Crippen LogP contribution in [0.15, 0.2) is 0 Å². The normalized spacial score (nSPS) is 13.1. The van der Waals surface area contributed by atoms with E-state index in [1.165, 1.54) is 11.3 Å². The van der Waals surface area contributed by atoms with Crippen LogP contribution in [0.3, 0.4) is 0 Å². The maximum atomic E-state index is 12.1.